The second-order valence-corrected chi connectivity index (χ2v) is 9.58. The van der Waals surface area contributed by atoms with E-state index in [1.807, 2.05) is 36.4 Å². The van der Waals surface area contributed by atoms with Gasteiger partial charge in [-0.05, 0) is 47.7 Å². The maximum atomic E-state index is 6.35. The lowest BCUT2D eigenvalue weighted by Crippen LogP contribution is -2.30. The van der Waals surface area contributed by atoms with E-state index in [1.165, 1.54) is 0 Å². The maximum absolute atomic E-state index is 6.35. The predicted octanol–water partition coefficient (Wildman–Crippen LogP) is 5.70. The molecule has 0 fully saturated rings. The fourth-order valence-corrected chi connectivity index (χ4v) is 4.60. The monoisotopic (exact) mass is 549 g/mol. The molecule has 8 nitrogen and oxygen atoms in total. The van der Waals surface area contributed by atoms with Crippen LogP contribution in [0.2, 0.25) is 10.0 Å². The van der Waals surface area contributed by atoms with Gasteiger partial charge in [0.2, 0.25) is 0 Å². The first-order valence-electron chi connectivity index (χ1n) is 11.7. The summed E-state index contributed by atoms with van der Waals surface area (Å²) < 4.78 is 16.9. The Kier molecular flexibility index (Phi) is 7.37. The zero-order chi connectivity index (χ0) is 26.8. The summed E-state index contributed by atoms with van der Waals surface area (Å²) in [5.41, 5.74) is 15.8. The highest BCUT2D eigenvalue weighted by Crippen LogP contribution is 2.37. The van der Waals surface area contributed by atoms with Gasteiger partial charge in [0.05, 0.1) is 41.7 Å². The lowest BCUT2D eigenvalue weighted by Gasteiger charge is -2.14. The van der Waals surface area contributed by atoms with Crippen molar-refractivity contribution in [3.05, 3.63) is 76.7 Å². The summed E-state index contributed by atoms with van der Waals surface area (Å²) in [4.78, 5) is 13.5. The number of nitrogens with zero attached hydrogens (tertiary/aromatic N) is 3. The van der Waals surface area contributed by atoms with Crippen LogP contribution in [0.15, 0.2) is 61.1 Å². The van der Waals surface area contributed by atoms with Crippen molar-refractivity contribution in [1.82, 2.24) is 15.0 Å². The molecule has 10 heteroatoms. The molecule has 0 aliphatic rings. The van der Waals surface area contributed by atoms with E-state index in [0.29, 0.717) is 45.2 Å². The summed E-state index contributed by atoms with van der Waals surface area (Å²) >= 11 is 12.1. The predicted molar refractivity (Wildman–Crippen MR) is 151 cm³/mol. The van der Waals surface area contributed by atoms with E-state index in [1.54, 1.807) is 38.9 Å². The van der Waals surface area contributed by atoms with E-state index >= 15 is 0 Å². The average molecular weight is 550 g/mol. The lowest BCUT2D eigenvalue weighted by molar-refractivity contribution is 0.286. The second kappa shape index (κ2) is 10.9. The van der Waals surface area contributed by atoms with Crippen LogP contribution in [0.5, 0.6) is 17.2 Å². The number of benzene rings is 2. The molecule has 2 aromatic carbocycles. The van der Waals surface area contributed by atoms with E-state index in [9.17, 15) is 0 Å². The third-order valence-electron chi connectivity index (χ3n) is 6.17. The Labute approximate surface area is 229 Å². The van der Waals surface area contributed by atoms with Gasteiger partial charge in [0.25, 0.3) is 0 Å². The Morgan fingerprint density at radius 2 is 1.66 bits per heavy atom. The molecule has 5 aromatic rings. The highest BCUT2D eigenvalue weighted by Gasteiger charge is 2.14. The van der Waals surface area contributed by atoms with Crippen LogP contribution in [0.3, 0.4) is 0 Å². The number of nitrogens with two attached hydrogens (primary N) is 2. The Hall–Kier alpha value is -3.85. The summed E-state index contributed by atoms with van der Waals surface area (Å²) in [6.45, 7) is 0.288. The standard InChI is InChI=1S/C28H25Cl2N5O3/c1-36-26-9-20-19-8-24(35-28(32)21(19)13-34-25(20)10-27(26)37-2)16-7-18(12-33-11-16)38-14-17(31)5-15-3-4-22(29)23(30)6-15/h3-4,6-13,17H,5,14,31H2,1-2H3,(H2,32,35)/t17-/m0/s1. The van der Waals surface area contributed by atoms with Crippen molar-refractivity contribution < 1.29 is 14.2 Å². The number of ether oxygens (including phenoxy) is 3. The molecule has 194 valence electrons. The molecule has 3 aromatic heterocycles. The van der Waals surface area contributed by atoms with Gasteiger partial charge in [-0.15, -0.1) is 0 Å². The highest BCUT2D eigenvalue weighted by molar-refractivity contribution is 6.42. The minimum Gasteiger partial charge on any atom is -0.493 e. The molecule has 3 heterocycles. The first-order valence-corrected chi connectivity index (χ1v) is 12.5. The molecule has 0 saturated carbocycles. The SMILES string of the molecule is COc1cc2ncc3c(N)nc(-c4cncc(OC[C@@H](N)Cc5ccc(Cl)c(Cl)c5)c4)cc3c2cc1OC. The summed E-state index contributed by atoms with van der Waals surface area (Å²) in [5.74, 6) is 2.12. The molecule has 0 radical (unpaired) electrons. The van der Waals surface area contributed by atoms with Crippen LogP contribution < -0.4 is 25.7 Å². The molecule has 1 atom stereocenters. The van der Waals surface area contributed by atoms with Crippen molar-refractivity contribution >= 4 is 50.7 Å². The Balaban J connectivity index is 1.42. The first-order chi connectivity index (χ1) is 18.4. The van der Waals surface area contributed by atoms with E-state index in [4.69, 9.17) is 48.9 Å². The molecule has 0 aliphatic heterocycles. The third-order valence-corrected chi connectivity index (χ3v) is 6.91. The summed E-state index contributed by atoms with van der Waals surface area (Å²) in [6, 6.07) is 12.8. The lowest BCUT2D eigenvalue weighted by atomic mass is 10.0. The number of hydrogen-bond acceptors (Lipinski definition) is 8. The minimum absolute atomic E-state index is 0.254. The molecule has 0 amide bonds. The number of rotatable bonds is 8. The zero-order valence-corrected chi connectivity index (χ0v) is 22.3. The van der Waals surface area contributed by atoms with E-state index in [2.05, 4.69) is 15.0 Å². The molecule has 0 bridgehead atoms. The highest BCUT2D eigenvalue weighted by atomic mass is 35.5. The van der Waals surface area contributed by atoms with Gasteiger partial charge in [-0.3, -0.25) is 9.97 Å². The number of fused-ring (bicyclic) bond motifs is 3. The van der Waals surface area contributed by atoms with Crippen LogP contribution in [0, 0.1) is 0 Å². The number of nitrogen functional groups attached to an aromatic ring is 1. The van der Waals surface area contributed by atoms with Gasteiger partial charge >= 0.3 is 0 Å². The fourth-order valence-electron chi connectivity index (χ4n) is 4.28. The van der Waals surface area contributed by atoms with Crippen molar-refractivity contribution in [2.75, 3.05) is 26.6 Å². The third kappa shape index (κ3) is 5.24. The van der Waals surface area contributed by atoms with Crippen LogP contribution in [-0.4, -0.2) is 41.8 Å². The van der Waals surface area contributed by atoms with Crippen LogP contribution in [0.4, 0.5) is 5.82 Å². The van der Waals surface area contributed by atoms with Gasteiger partial charge in [-0.1, -0.05) is 29.3 Å². The number of methoxy groups -OCH3 is 2. The van der Waals surface area contributed by atoms with Crippen LogP contribution in [-0.2, 0) is 6.42 Å². The van der Waals surface area contributed by atoms with Gasteiger partial charge in [-0.2, -0.15) is 0 Å². The summed E-state index contributed by atoms with van der Waals surface area (Å²) in [6.07, 6.45) is 5.64. The molecule has 38 heavy (non-hydrogen) atoms. The van der Waals surface area contributed by atoms with Crippen LogP contribution in [0.1, 0.15) is 5.56 Å². The molecular weight excluding hydrogens is 525 g/mol. The smallest absolute Gasteiger partial charge is 0.162 e. The molecule has 0 aliphatic carbocycles. The van der Waals surface area contributed by atoms with Crippen molar-refractivity contribution in [3.63, 3.8) is 0 Å². The molecule has 5 rings (SSSR count). The molecule has 0 unspecified atom stereocenters. The number of aromatic nitrogens is 3. The molecule has 0 saturated heterocycles. The number of halogens is 2. The fraction of sp³-hybridized carbons (Fsp3) is 0.179. The number of pyridine rings is 3. The van der Waals surface area contributed by atoms with Gasteiger partial charge in [-0.25, -0.2) is 4.98 Å². The van der Waals surface area contributed by atoms with E-state index in [-0.39, 0.29) is 12.6 Å². The topological polar surface area (TPSA) is 118 Å². The Morgan fingerprint density at radius 1 is 0.868 bits per heavy atom. The molecule has 4 N–H and O–H groups in total. The van der Waals surface area contributed by atoms with Gasteiger partial charge in [0.1, 0.15) is 18.2 Å². The zero-order valence-electron chi connectivity index (χ0n) is 20.7. The summed E-state index contributed by atoms with van der Waals surface area (Å²) in [7, 11) is 3.18. The normalized spacial score (nSPS) is 12.0. The van der Waals surface area contributed by atoms with E-state index < -0.39 is 0 Å². The molecular formula is C28H25Cl2N5O3. The van der Waals surface area contributed by atoms with Crippen molar-refractivity contribution in [1.29, 1.82) is 0 Å². The second-order valence-electron chi connectivity index (χ2n) is 8.77. The van der Waals surface area contributed by atoms with Crippen LogP contribution >= 0.6 is 23.2 Å². The van der Waals surface area contributed by atoms with Gasteiger partial charge in [0.15, 0.2) is 11.5 Å². The van der Waals surface area contributed by atoms with Crippen LogP contribution in [0.25, 0.3) is 32.9 Å². The average Bonchev–Trinajstić information content (AvgIpc) is 2.93. The Bertz CT molecular complexity index is 1650. The van der Waals surface area contributed by atoms with Crippen molar-refractivity contribution in [3.8, 4) is 28.5 Å². The van der Waals surface area contributed by atoms with E-state index in [0.717, 1.165) is 32.8 Å². The first kappa shape index (κ1) is 25.8. The van der Waals surface area contributed by atoms with Crippen molar-refractivity contribution in [2.24, 2.45) is 5.73 Å². The summed E-state index contributed by atoms with van der Waals surface area (Å²) in [5, 5.41) is 3.49. The van der Waals surface area contributed by atoms with Gasteiger partial charge in [0, 0.05) is 40.8 Å². The maximum Gasteiger partial charge on any atom is 0.162 e. The Morgan fingerprint density at radius 3 is 2.42 bits per heavy atom. The minimum atomic E-state index is -0.254. The quantitative estimate of drug-likeness (QED) is 0.236. The number of anilines is 1. The van der Waals surface area contributed by atoms with Crippen molar-refractivity contribution in [2.45, 2.75) is 12.5 Å². The largest absolute Gasteiger partial charge is 0.493 e. The molecule has 0 spiro atoms. The number of hydrogen-bond donors (Lipinski definition) is 2. The van der Waals surface area contributed by atoms with Gasteiger partial charge < -0.3 is 25.7 Å².